The van der Waals surface area contributed by atoms with E-state index in [1.807, 2.05) is 55.3 Å². The Morgan fingerprint density at radius 1 is 1.08 bits per heavy atom. The van der Waals surface area contributed by atoms with Crippen molar-refractivity contribution >= 4 is 44.9 Å². The van der Waals surface area contributed by atoms with Crippen molar-refractivity contribution in [3.8, 4) is 16.9 Å². The topological polar surface area (TPSA) is 79.4 Å². The van der Waals surface area contributed by atoms with Crippen LogP contribution in [-0.2, 0) is 6.54 Å². The number of rotatable bonds is 9. The van der Waals surface area contributed by atoms with Crippen molar-refractivity contribution in [2.45, 2.75) is 51.2 Å². The van der Waals surface area contributed by atoms with Gasteiger partial charge in [0.25, 0.3) is 5.91 Å². The summed E-state index contributed by atoms with van der Waals surface area (Å²) in [6, 6.07) is 14.6. The summed E-state index contributed by atoms with van der Waals surface area (Å²) in [5.74, 6) is 1.32. The molecule has 5 rings (SSSR count). The van der Waals surface area contributed by atoms with Crippen molar-refractivity contribution in [1.29, 1.82) is 0 Å². The number of carbonyl (C=O) groups excluding carboxylic acids is 1. The van der Waals surface area contributed by atoms with Crippen LogP contribution in [0.2, 0.25) is 5.02 Å². The van der Waals surface area contributed by atoms with Crippen molar-refractivity contribution in [1.82, 2.24) is 20.2 Å². The van der Waals surface area contributed by atoms with Crippen LogP contribution in [0.3, 0.4) is 0 Å². The van der Waals surface area contributed by atoms with E-state index in [0.29, 0.717) is 35.0 Å². The summed E-state index contributed by atoms with van der Waals surface area (Å²) in [6.07, 6.45) is 7.52. The Labute approximate surface area is 238 Å². The molecule has 2 aromatic heterocycles. The first kappa shape index (κ1) is 27.4. The number of ether oxygens (including phenoxy) is 1. The van der Waals surface area contributed by atoms with Gasteiger partial charge >= 0.3 is 0 Å². The summed E-state index contributed by atoms with van der Waals surface area (Å²) < 4.78 is 7.05. The molecule has 0 saturated heterocycles. The summed E-state index contributed by atoms with van der Waals surface area (Å²) in [6.45, 7) is 2.94. The minimum absolute atomic E-state index is 0.0244. The van der Waals surface area contributed by atoms with Gasteiger partial charge in [0, 0.05) is 59.3 Å². The van der Waals surface area contributed by atoms with Crippen molar-refractivity contribution in [2.75, 3.05) is 26.0 Å². The molecular formula is C30H34ClN5O2S. The molecule has 2 N–H and O–H groups in total. The van der Waals surface area contributed by atoms with Gasteiger partial charge in [-0.1, -0.05) is 35.9 Å². The first-order valence-corrected chi connectivity index (χ1v) is 14.6. The number of benzene rings is 2. The van der Waals surface area contributed by atoms with E-state index in [2.05, 4.69) is 26.7 Å². The van der Waals surface area contributed by atoms with Crippen molar-refractivity contribution < 1.29 is 9.53 Å². The summed E-state index contributed by atoms with van der Waals surface area (Å²) in [5.41, 5.74) is 2.83. The molecule has 0 atom stereocenters. The maximum Gasteiger partial charge on any atom is 0.266 e. The number of hydrogen-bond acceptors (Lipinski definition) is 7. The van der Waals surface area contributed by atoms with Gasteiger partial charge < -0.3 is 20.3 Å². The summed E-state index contributed by atoms with van der Waals surface area (Å²) in [5, 5.41) is 7.82. The van der Waals surface area contributed by atoms with Crippen molar-refractivity contribution in [3.05, 3.63) is 70.3 Å². The van der Waals surface area contributed by atoms with Crippen LogP contribution in [-0.4, -0.2) is 53.6 Å². The van der Waals surface area contributed by atoms with Gasteiger partial charge in [-0.3, -0.25) is 4.79 Å². The zero-order chi connectivity index (χ0) is 27.4. The molecule has 1 aliphatic rings. The van der Waals surface area contributed by atoms with Crippen molar-refractivity contribution in [3.63, 3.8) is 0 Å². The van der Waals surface area contributed by atoms with Gasteiger partial charge in [0.1, 0.15) is 10.6 Å². The second kappa shape index (κ2) is 12.3. The van der Waals surface area contributed by atoms with Gasteiger partial charge in [-0.05, 0) is 63.4 Å². The molecule has 0 aliphatic heterocycles. The molecule has 1 saturated carbocycles. The second-order valence-electron chi connectivity index (χ2n) is 9.77. The normalized spacial score (nSPS) is 17.2. The summed E-state index contributed by atoms with van der Waals surface area (Å²) >= 11 is 8.27. The van der Waals surface area contributed by atoms with Crippen molar-refractivity contribution in [2.24, 2.45) is 0 Å². The molecule has 7 nitrogen and oxygen atoms in total. The van der Waals surface area contributed by atoms with E-state index in [-0.39, 0.29) is 11.9 Å². The SMILES string of the molecule is CCOc1ccc(-c2cnc(NC)nc2)cc1CN(C(=O)c1sc2ccccc2c1Cl)C1CCC(NC)CC1. The Hall–Kier alpha value is -3.20. The third kappa shape index (κ3) is 5.88. The molecule has 9 heteroatoms. The van der Waals surface area contributed by atoms with Gasteiger partial charge in [0.15, 0.2) is 0 Å². The van der Waals surface area contributed by atoms with E-state index in [9.17, 15) is 4.79 Å². The van der Waals surface area contributed by atoms with Crippen LogP contribution in [0.25, 0.3) is 21.2 Å². The van der Waals surface area contributed by atoms with Crippen LogP contribution in [0.5, 0.6) is 5.75 Å². The predicted molar refractivity (Wildman–Crippen MR) is 160 cm³/mol. The van der Waals surface area contributed by atoms with Gasteiger partial charge in [-0.15, -0.1) is 11.3 Å². The monoisotopic (exact) mass is 563 g/mol. The Balaban J connectivity index is 1.53. The predicted octanol–water partition coefficient (Wildman–Crippen LogP) is 6.63. The lowest BCUT2D eigenvalue weighted by Gasteiger charge is -2.37. The highest BCUT2D eigenvalue weighted by Gasteiger charge is 2.32. The minimum Gasteiger partial charge on any atom is -0.494 e. The number of nitrogens with zero attached hydrogens (tertiary/aromatic N) is 3. The number of anilines is 1. The third-order valence-electron chi connectivity index (χ3n) is 7.45. The molecule has 0 spiro atoms. The highest BCUT2D eigenvalue weighted by molar-refractivity contribution is 7.21. The van der Waals surface area contributed by atoms with Gasteiger partial charge in [-0.2, -0.15) is 0 Å². The first-order valence-electron chi connectivity index (χ1n) is 13.4. The number of nitrogens with one attached hydrogen (secondary N) is 2. The molecule has 0 radical (unpaired) electrons. The average molecular weight is 564 g/mol. The second-order valence-corrected chi connectivity index (χ2v) is 11.2. The quantitative estimate of drug-likeness (QED) is 0.238. The van der Waals surface area contributed by atoms with E-state index < -0.39 is 0 Å². The number of amides is 1. The fourth-order valence-corrected chi connectivity index (χ4v) is 6.76. The lowest BCUT2D eigenvalue weighted by atomic mass is 9.89. The molecule has 39 heavy (non-hydrogen) atoms. The Bertz CT molecular complexity index is 1430. The summed E-state index contributed by atoms with van der Waals surface area (Å²) in [4.78, 5) is 25.6. The highest BCUT2D eigenvalue weighted by Crippen LogP contribution is 2.38. The van der Waals surface area contributed by atoms with Gasteiger partial charge in [0.05, 0.1) is 11.6 Å². The first-order chi connectivity index (χ1) is 19.0. The number of fused-ring (bicyclic) bond motifs is 1. The average Bonchev–Trinajstić information content (AvgIpc) is 3.33. The van der Waals surface area contributed by atoms with Crippen LogP contribution in [0.1, 0.15) is 47.8 Å². The lowest BCUT2D eigenvalue weighted by molar-refractivity contribution is 0.0604. The fourth-order valence-electron chi connectivity index (χ4n) is 5.29. The van der Waals surface area contributed by atoms with Crippen LogP contribution in [0, 0.1) is 0 Å². The third-order valence-corrected chi connectivity index (χ3v) is 9.11. The molecule has 204 valence electrons. The van der Waals surface area contributed by atoms with E-state index in [1.54, 1.807) is 19.4 Å². The fraction of sp³-hybridized carbons (Fsp3) is 0.367. The minimum atomic E-state index is -0.0244. The standard InChI is InChI=1S/C30H34ClN5O2S/c1-4-38-25-14-9-19(21-16-34-30(33-3)35-17-21)15-20(25)18-36(23-12-10-22(32-2)11-13-23)29(37)28-27(31)24-7-5-6-8-26(24)39-28/h5-9,14-17,22-23,32H,4,10-13,18H2,1-3H3,(H,33,34,35). The zero-order valence-electron chi connectivity index (χ0n) is 22.5. The highest BCUT2D eigenvalue weighted by atomic mass is 35.5. The van der Waals surface area contributed by atoms with Gasteiger partial charge in [-0.25, -0.2) is 9.97 Å². The van der Waals surface area contributed by atoms with E-state index in [4.69, 9.17) is 16.3 Å². The summed E-state index contributed by atoms with van der Waals surface area (Å²) in [7, 11) is 3.81. The molecule has 0 bridgehead atoms. The van der Waals surface area contributed by atoms with E-state index >= 15 is 0 Å². The van der Waals surface area contributed by atoms with Crippen LogP contribution >= 0.6 is 22.9 Å². The maximum absolute atomic E-state index is 14.3. The largest absolute Gasteiger partial charge is 0.494 e. The number of aromatic nitrogens is 2. The molecule has 1 aliphatic carbocycles. The number of halogens is 1. The van der Waals surface area contributed by atoms with Crippen LogP contribution < -0.4 is 15.4 Å². The molecule has 2 heterocycles. The molecule has 1 fully saturated rings. The number of thiophene rings is 1. The number of carbonyl (C=O) groups is 1. The lowest BCUT2D eigenvalue weighted by Crippen LogP contribution is -2.44. The maximum atomic E-state index is 14.3. The Morgan fingerprint density at radius 2 is 1.82 bits per heavy atom. The molecule has 2 aromatic carbocycles. The number of hydrogen-bond donors (Lipinski definition) is 2. The zero-order valence-corrected chi connectivity index (χ0v) is 24.1. The Morgan fingerprint density at radius 3 is 2.49 bits per heavy atom. The molecule has 1 amide bonds. The molecule has 0 unspecified atom stereocenters. The van der Waals surface area contributed by atoms with Gasteiger partial charge in [0.2, 0.25) is 5.95 Å². The molecular weight excluding hydrogens is 530 g/mol. The molecule has 4 aromatic rings. The van der Waals surface area contributed by atoms with Crippen LogP contribution in [0.4, 0.5) is 5.95 Å². The smallest absolute Gasteiger partial charge is 0.266 e. The Kier molecular flexibility index (Phi) is 8.65. The van der Waals surface area contributed by atoms with E-state index in [0.717, 1.165) is 58.2 Å². The van der Waals surface area contributed by atoms with E-state index in [1.165, 1.54) is 11.3 Å². The van der Waals surface area contributed by atoms with Crippen LogP contribution in [0.15, 0.2) is 54.9 Å².